The van der Waals surface area contributed by atoms with E-state index < -0.39 is 0 Å². The molecule has 0 aliphatic carbocycles. The van der Waals surface area contributed by atoms with Crippen molar-refractivity contribution in [2.45, 2.75) is 30.2 Å². The molecule has 0 saturated carbocycles. The van der Waals surface area contributed by atoms with Gasteiger partial charge in [0.05, 0.1) is 12.1 Å². The molecule has 148 valence electrons. The average molecular weight is 397 g/mol. The van der Waals surface area contributed by atoms with Crippen molar-refractivity contribution in [3.05, 3.63) is 30.6 Å². The lowest BCUT2D eigenvalue weighted by atomic mass is 10.1. The first-order chi connectivity index (χ1) is 13.8. The van der Waals surface area contributed by atoms with Gasteiger partial charge >= 0.3 is 0 Å². The molecule has 1 aromatic carbocycles. The maximum Gasteiger partial charge on any atom is 0.104 e. The zero-order chi connectivity index (χ0) is 19.5. The molecule has 1 aliphatic heterocycles. The van der Waals surface area contributed by atoms with E-state index in [2.05, 4.69) is 57.2 Å². The van der Waals surface area contributed by atoms with E-state index >= 15 is 0 Å². The Hall–Kier alpha value is -2.09. The summed E-state index contributed by atoms with van der Waals surface area (Å²) in [5.74, 6) is 0. The lowest BCUT2D eigenvalue weighted by molar-refractivity contribution is 0.287. The first-order valence-electron chi connectivity index (χ1n) is 10.0. The Labute approximate surface area is 170 Å². The third-order valence-electron chi connectivity index (χ3n) is 5.33. The predicted octanol–water partition coefficient (Wildman–Crippen LogP) is 3.54. The molecule has 0 bridgehead atoms. The molecule has 3 heterocycles. The number of fused-ring (bicyclic) bond motifs is 2. The largest absolute Gasteiger partial charge is 0.383 e. The summed E-state index contributed by atoms with van der Waals surface area (Å²) in [6, 6.07) is 6.50. The lowest BCUT2D eigenvalue weighted by Gasteiger charge is -2.19. The van der Waals surface area contributed by atoms with E-state index in [1.807, 2.05) is 31.2 Å². The highest BCUT2D eigenvalue weighted by Crippen LogP contribution is 2.50. The second-order valence-electron chi connectivity index (χ2n) is 6.94. The van der Waals surface area contributed by atoms with Gasteiger partial charge in [-0.15, -0.1) is 0 Å². The van der Waals surface area contributed by atoms with Gasteiger partial charge in [0, 0.05) is 58.5 Å². The topological polar surface area (TPSA) is 58.0 Å². The van der Waals surface area contributed by atoms with Gasteiger partial charge in [0.25, 0.3) is 0 Å². The van der Waals surface area contributed by atoms with Crippen molar-refractivity contribution >= 4 is 28.4 Å². The van der Waals surface area contributed by atoms with Gasteiger partial charge in [-0.25, -0.2) is 0 Å². The van der Waals surface area contributed by atoms with Crippen LogP contribution in [0.5, 0.6) is 0 Å². The van der Waals surface area contributed by atoms with Gasteiger partial charge in [0.2, 0.25) is 0 Å². The molecular formula is C21H28N6S. The van der Waals surface area contributed by atoms with E-state index in [1.54, 1.807) is 0 Å². The number of nitrogens with one attached hydrogen (secondary N) is 2. The summed E-state index contributed by atoms with van der Waals surface area (Å²) in [5.41, 5.74) is 4.58. The van der Waals surface area contributed by atoms with Crippen LogP contribution in [0.1, 0.15) is 13.8 Å². The molecule has 0 radical (unpaired) electrons. The fourth-order valence-electron chi connectivity index (χ4n) is 3.70. The van der Waals surface area contributed by atoms with Crippen LogP contribution in [0.25, 0.3) is 22.2 Å². The van der Waals surface area contributed by atoms with E-state index in [9.17, 15) is 0 Å². The van der Waals surface area contributed by atoms with Crippen molar-refractivity contribution in [1.82, 2.24) is 25.0 Å². The van der Waals surface area contributed by atoms with E-state index in [0.717, 1.165) is 50.5 Å². The molecule has 0 unspecified atom stereocenters. The molecule has 28 heavy (non-hydrogen) atoms. The molecule has 0 atom stereocenters. The van der Waals surface area contributed by atoms with Gasteiger partial charge in [0.15, 0.2) is 0 Å². The fourth-order valence-corrected chi connectivity index (χ4v) is 4.86. The summed E-state index contributed by atoms with van der Waals surface area (Å²) in [4.78, 5) is 9.29. The second-order valence-corrected chi connectivity index (χ2v) is 7.99. The zero-order valence-corrected chi connectivity index (χ0v) is 17.6. The molecule has 7 heteroatoms. The molecule has 0 fully saturated rings. The molecule has 0 amide bonds. The van der Waals surface area contributed by atoms with Crippen LogP contribution in [0.2, 0.25) is 0 Å². The highest BCUT2D eigenvalue weighted by Gasteiger charge is 2.26. The minimum atomic E-state index is 0.893. The van der Waals surface area contributed by atoms with Crippen molar-refractivity contribution in [2.75, 3.05) is 45.1 Å². The van der Waals surface area contributed by atoms with Crippen LogP contribution < -0.4 is 10.6 Å². The van der Waals surface area contributed by atoms with Crippen LogP contribution in [0.3, 0.4) is 0 Å². The Balaban J connectivity index is 1.78. The van der Waals surface area contributed by atoms with Crippen LogP contribution >= 0.6 is 11.8 Å². The van der Waals surface area contributed by atoms with Crippen LogP contribution in [0, 0.1) is 0 Å². The highest BCUT2D eigenvalue weighted by molar-refractivity contribution is 8.00. The standard InChI is InChI=1S/C21H28N6S/c1-4-26(5-2)12-13-27-17-7-6-16(24-11-10-22-3)21-19(17)20(25-27)15-14-23-9-8-18(15)28-21/h6-9,14,22,24H,4-5,10-13H2,1-3H3. The normalized spacial score (nSPS) is 12.6. The van der Waals surface area contributed by atoms with E-state index in [1.165, 1.54) is 26.4 Å². The van der Waals surface area contributed by atoms with Gasteiger partial charge in [-0.2, -0.15) is 5.10 Å². The number of aromatic nitrogens is 3. The van der Waals surface area contributed by atoms with Crippen molar-refractivity contribution in [2.24, 2.45) is 0 Å². The maximum atomic E-state index is 5.04. The minimum absolute atomic E-state index is 0.893. The predicted molar refractivity (Wildman–Crippen MR) is 117 cm³/mol. The number of likely N-dealkylation sites (N-methyl/N-ethyl adjacent to an activating group) is 2. The molecular weight excluding hydrogens is 368 g/mol. The molecule has 1 aliphatic rings. The molecule has 3 aromatic rings. The average Bonchev–Trinajstić information content (AvgIpc) is 3.10. The van der Waals surface area contributed by atoms with Crippen LogP contribution in [-0.2, 0) is 6.54 Å². The summed E-state index contributed by atoms with van der Waals surface area (Å²) >= 11 is 1.82. The number of hydrogen-bond acceptors (Lipinski definition) is 6. The summed E-state index contributed by atoms with van der Waals surface area (Å²) in [7, 11) is 1.98. The Kier molecular flexibility index (Phi) is 5.85. The Morgan fingerprint density at radius 3 is 2.79 bits per heavy atom. The quantitative estimate of drug-likeness (QED) is 0.422. The van der Waals surface area contributed by atoms with E-state index in [0.29, 0.717) is 0 Å². The third-order valence-corrected chi connectivity index (χ3v) is 6.54. The summed E-state index contributed by atoms with van der Waals surface area (Å²) in [6.07, 6.45) is 3.81. The summed E-state index contributed by atoms with van der Waals surface area (Å²) in [6.45, 7) is 10.3. The molecule has 2 N–H and O–H groups in total. The third kappa shape index (κ3) is 3.50. The SMILES string of the molecule is CCN(CC)CCn1nc2c3c(c(NCCNC)ccc31)Sc1ccncc1-2. The van der Waals surface area contributed by atoms with Gasteiger partial charge in [-0.1, -0.05) is 25.6 Å². The monoisotopic (exact) mass is 396 g/mol. The molecule has 6 nitrogen and oxygen atoms in total. The Morgan fingerprint density at radius 2 is 2.00 bits per heavy atom. The van der Waals surface area contributed by atoms with Gasteiger partial charge < -0.3 is 15.5 Å². The Morgan fingerprint density at radius 1 is 1.14 bits per heavy atom. The van der Waals surface area contributed by atoms with E-state index in [-0.39, 0.29) is 0 Å². The van der Waals surface area contributed by atoms with E-state index in [4.69, 9.17) is 5.10 Å². The second kappa shape index (κ2) is 8.51. The van der Waals surface area contributed by atoms with Crippen LogP contribution in [-0.4, -0.2) is 59.4 Å². The number of nitrogens with zero attached hydrogens (tertiary/aromatic N) is 4. The van der Waals surface area contributed by atoms with Crippen molar-refractivity contribution < 1.29 is 0 Å². The number of pyridine rings is 1. The first-order valence-corrected chi connectivity index (χ1v) is 10.8. The first kappa shape index (κ1) is 19.2. The number of hydrogen-bond donors (Lipinski definition) is 2. The maximum absolute atomic E-state index is 5.04. The van der Waals surface area contributed by atoms with Crippen molar-refractivity contribution in [3.63, 3.8) is 0 Å². The van der Waals surface area contributed by atoms with Gasteiger partial charge in [-0.05, 0) is 38.3 Å². The number of benzene rings is 1. The molecule has 0 saturated heterocycles. The van der Waals surface area contributed by atoms with Gasteiger partial charge in [-0.3, -0.25) is 9.67 Å². The highest BCUT2D eigenvalue weighted by atomic mass is 32.2. The van der Waals surface area contributed by atoms with Gasteiger partial charge in [0.1, 0.15) is 5.69 Å². The Bertz CT molecular complexity index is 963. The minimum Gasteiger partial charge on any atom is -0.383 e. The summed E-state index contributed by atoms with van der Waals surface area (Å²) in [5, 5.41) is 13.1. The number of rotatable bonds is 9. The molecule has 0 spiro atoms. The number of anilines is 1. The van der Waals surface area contributed by atoms with Crippen molar-refractivity contribution in [3.8, 4) is 11.3 Å². The lowest BCUT2D eigenvalue weighted by Crippen LogP contribution is -2.27. The fraction of sp³-hybridized carbons (Fsp3) is 0.429. The molecule has 2 aromatic heterocycles. The summed E-state index contributed by atoms with van der Waals surface area (Å²) < 4.78 is 2.17. The smallest absolute Gasteiger partial charge is 0.104 e. The zero-order valence-electron chi connectivity index (χ0n) is 16.8. The van der Waals surface area contributed by atoms with Crippen LogP contribution in [0.15, 0.2) is 40.4 Å². The molecule has 4 rings (SSSR count). The van der Waals surface area contributed by atoms with Crippen molar-refractivity contribution in [1.29, 1.82) is 0 Å². The van der Waals surface area contributed by atoms with Crippen LogP contribution in [0.4, 0.5) is 5.69 Å².